The summed E-state index contributed by atoms with van der Waals surface area (Å²) in [4.78, 5) is 14.3. The van der Waals surface area contributed by atoms with Crippen LogP contribution in [0.5, 0.6) is 11.5 Å². The van der Waals surface area contributed by atoms with Crippen molar-refractivity contribution in [1.29, 1.82) is 0 Å². The highest BCUT2D eigenvalue weighted by Crippen LogP contribution is 2.29. The van der Waals surface area contributed by atoms with Crippen molar-refractivity contribution in [2.45, 2.75) is 6.42 Å². The Bertz CT molecular complexity index is 464. The lowest BCUT2D eigenvalue weighted by molar-refractivity contribution is 0.0788. The number of carbonyl (C=O) groups excluding carboxylic acids is 1. The molecular formula is C14H18BrNO3. The summed E-state index contributed by atoms with van der Waals surface area (Å²) in [6.45, 7) is 1.64. The maximum absolute atomic E-state index is 12.4. The predicted octanol–water partition coefficient (Wildman–Crippen LogP) is 2.56. The van der Waals surface area contributed by atoms with E-state index in [0.29, 0.717) is 23.0 Å². The molecule has 0 spiro atoms. The van der Waals surface area contributed by atoms with Crippen LogP contribution in [-0.4, -0.2) is 43.4 Å². The molecule has 1 amide bonds. The van der Waals surface area contributed by atoms with Crippen molar-refractivity contribution in [1.82, 2.24) is 4.90 Å². The van der Waals surface area contributed by atoms with E-state index in [1.54, 1.807) is 32.4 Å². The number of amides is 1. The third kappa shape index (κ3) is 3.03. The van der Waals surface area contributed by atoms with Crippen molar-refractivity contribution in [3.8, 4) is 11.5 Å². The smallest absolute Gasteiger partial charge is 0.254 e. The number of alkyl halides is 1. The highest BCUT2D eigenvalue weighted by Gasteiger charge is 2.26. The molecule has 1 aliphatic heterocycles. The number of hydrogen-bond donors (Lipinski definition) is 0. The second-order valence-corrected chi connectivity index (χ2v) is 5.28. The van der Waals surface area contributed by atoms with Gasteiger partial charge in [0.1, 0.15) is 0 Å². The van der Waals surface area contributed by atoms with Crippen LogP contribution in [-0.2, 0) is 0 Å². The third-order valence-corrected chi connectivity index (χ3v) is 4.34. The molecule has 5 heteroatoms. The first-order chi connectivity index (χ1) is 9.19. The number of benzene rings is 1. The van der Waals surface area contributed by atoms with Gasteiger partial charge in [-0.1, -0.05) is 15.9 Å². The molecule has 1 aromatic rings. The quantitative estimate of drug-likeness (QED) is 0.798. The normalized spacial score (nSPS) is 18.5. The molecule has 0 radical (unpaired) electrons. The van der Waals surface area contributed by atoms with Gasteiger partial charge in [0.25, 0.3) is 5.91 Å². The lowest BCUT2D eigenvalue weighted by Gasteiger charge is -2.17. The van der Waals surface area contributed by atoms with E-state index in [-0.39, 0.29) is 5.91 Å². The Morgan fingerprint density at radius 3 is 2.68 bits per heavy atom. The first-order valence-corrected chi connectivity index (χ1v) is 7.39. The molecule has 0 saturated carbocycles. The lowest BCUT2D eigenvalue weighted by atomic mass is 10.1. The number of halogens is 1. The highest BCUT2D eigenvalue weighted by molar-refractivity contribution is 9.09. The molecule has 0 aliphatic carbocycles. The Labute approximate surface area is 121 Å². The molecular weight excluding hydrogens is 310 g/mol. The van der Waals surface area contributed by atoms with Gasteiger partial charge in [0.05, 0.1) is 14.2 Å². The van der Waals surface area contributed by atoms with E-state index in [1.165, 1.54) is 0 Å². The fourth-order valence-corrected chi connectivity index (χ4v) is 2.82. The largest absolute Gasteiger partial charge is 0.493 e. The van der Waals surface area contributed by atoms with Gasteiger partial charge < -0.3 is 14.4 Å². The Balaban J connectivity index is 2.15. The molecule has 0 aromatic heterocycles. The zero-order valence-electron chi connectivity index (χ0n) is 11.2. The van der Waals surface area contributed by atoms with Crippen molar-refractivity contribution in [2.75, 3.05) is 32.6 Å². The van der Waals surface area contributed by atoms with Crippen LogP contribution in [0.3, 0.4) is 0 Å². The van der Waals surface area contributed by atoms with Crippen LogP contribution in [0.1, 0.15) is 16.8 Å². The molecule has 2 rings (SSSR count). The summed E-state index contributed by atoms with van der Waals surface area (Å²) in [5, 5.41) is 0.947. The van der Waals surface area contributed by atoms with Gasteiger partial charge in [-0.15, -0.1) is 0 Å². The molecule has 1 heterocycles. The molecule has 1 unspecified atom stereocenters. The van der Waals surface area contributed by atoms with Gasteiger partial charge in [0, 0.05) is 24.0 Å². The number of hydrogen-bond acceptors (Lipinski definition) is 3. The van der Waals surface area contributed by atoms with E-state index in [4.69, 9.17) is 9.47 Å². The monoisotopic (exact) mass is 327 g/mol. The average Bonchev–Trinajstić information content (AvgIpc) is 2.94. The predicted molar refractivity (Wildman–Crippen MR) is 77.4 cm³/mol. The average molecular weight is 328 g/mol. The van der Waals surface area contributed by atoms with Crippen molar-refractivity contribution in [3.63, 3.8) is 0 Å². The van der Waals surface area contributed by atoms with Crippen LogP contribution < -0.4 is 9.47 Å². The maximum atomic E-state index is 12.4. The van der Waals surface area contributed by atoms with Crippen LogP contribution in [0.2, 0.25) is 0 Å². The van der Waals surface area contributed by atoms with Crippen molar-refractivity contribution in [3.05, 3.63) is 23.8 Å². The van der Waals surface area contributed by atoms with Gasteiger partial charge in [0.2, 0.25) is 0 Å². The lowest BCUT2D eigenvalue weighted by Crippen LogP contribution is -2.28. The van der Waals surface area contributed by atoms with Gasteiger partial charge in [0.15, 0.2) is 11.5 Å². The van der Waals surface area contributed by atoms with E-state index in [0.717, 1.165) is 24.8 Å². The van der Waals surface area contributed by atoms with Gasteiger partial charge in [-0.05, 0) is 30.5 Å². The summed E-state index contributed by atoms with van der Waals surface area (Å²) in [5.41, 5.74) is 0.646. The Hall–Kier alpha value is -1.23. The number of ether oxygens (including phenoxy) is 2. The molecule has 1 aromatic carbocycles. The fraction of sp³-hybridized carbons (Fsp3) is 0.500. The third-order valence-electron chi connectivity index (χ3n) is 3.42. The van der Waals surface area contributed by atoms with E-state index in [1.807, 2.05) is 4.90 Å². The topological polar surface area (TPSA) is 38.8 Å². The first-order valence-electron chi connectivity index (χ1n) is 6.26. The second-order valence-electron chi connectivity index (χ2n) is 4.63. The maximum Gasteiger partial charge on any atom is 0.254 e. The van der Waals surface area contributed by atoms with E-state index in [2.05, 4.69) is 15.9 Å². The molecule has 0 N–H and O–H groups in total. The SMILES string of the molecule is COc1ccc(C(=O)N2CCC(CBr)C2)cc1OC. The minimum atomic E-state index is 0.0596. The highest BCUT2D eigenvalue weighted by atomic mass is 79.9. The summed E-state index contributed by atoms with van der Waals surface area (Å²) in [6, 6.07) is 5.29. The number of rotatable bonds is 4. The zero-order valence-corrected chi connectivity index (χ0v) is 12.8. The number of nitrogens with zero attached hydrogens (tertiary/aromatic N) is 1. The molecule has 19 heavy (non-hydrogen) atoms. The van der Waals surface area contributed by atoms with Crippen LogP contribution >= 0.6 is 15.9 Å². The first kappa shape index (κ1) is 14.2. The second kappa shape index (κ2) is 6.28. The van der Waals surface area contributed by atoms with Crippen molar-refractivity contribution < 1.29 is 14.3 Å². The molecule has 1 saturated heterocycles. The molecule has 1 atom stereocenters. The summed E-state index contributed by atoms with van der Waals surface area (Å²) < 4.78 is 10.4. The van der Waals surface area contributed by atoms with Gasteiger partial charge in [-0.2, -0.15) is 0 Å². The Morgan fingerprint density at radius 1 is 1.37 bits per heavy atom. The number of likely N-dealkylation sites (tertiary alicyclic amines) is 1. The molecule has 1 aliphatic rings. The molecule has 4 nitrogen and oxygen atoms in total. The summed E-state index contributed by atoms with van der Waals surface area (Å²) in [5.74, 6) is 1.84. The summed E-state index contributed by atoms with van der Waals surface area (Å²) in [6.07, 6.45) is 1.06. The minimum Gasteiger partial charge on any atom is -0.493 e. The number of carbonyl (C=O) groups is 1. The van der Waals surface area contributed by atoms with Crippen molar-refractivity contribution >= 4 is 21.8 Å². The fourth-order valence-electron chi connectivity index (χ4n) is 2.29. The molecule has 0 bridgehead atoms. The van der Waals surface area contributed by atoms with Gasteiger partial charge in [-0.25, -0.2) is 0 Å². The molecule has 104 valence electrons. The van der Waals surface area contributed by atoms with Gasteiger partial charge >= 0.3 is 0 Å². The van der Waals surface area contributed by atoms with Crippen LogP contribution in [0.25, 0.3) is 0 Å². The van der Waals surface area contributed by atoms with E-state index >= 15 is 0 Å². The molecule has 1 fully saturated rings. The minimum absolute atomic E-state index is 0.0596. The van der Waals surface area contributed by atoms with E-state index < -0.39 is 0 Å². The van der Waals surface area contributed by atoms with Gasteiger partial charge in [-0.3, -0.25) is 4.79 Å². The van der Waals surface area contributed by atoms with Crippen LogP contribution in [0.15, 0.2) is 18.2 Å². The number of methoxy groups -OCH3 is 2. The zero-order chi connectivity index (χ0) is 13.8. The van der Waals surface area contributed by atoms with Crippen molar-refractivity contribution in [2.24, 2.45) is 5.92 Å². The Kier molecular flexibility index (Phi) is 4.69. The van der Waals surface area contributed by atoms with Crippen LogP contribution in [0, 0.1) is 5.92 Å². The summed E-state index contributed by atoms with van der Waals surface area (Å²) >= 11 is 3.48. The summed E-state index contributed by atoms with van der Waals surface area (Å²) in [7, 11) is 3.16. The van der Waals surface area contributed by atoms with E-state index in [9.17, 15) is 4.79 Å². The standard InChI is InChI=1S/C14H18BrNO3/c1-18-12-4-3-11(7-13(12)19-2)14(17)16-6-5-10(8-15)9-16/h3-4,7,10H,5-6,8-9H2,1-2H3. The van der Waals surface area contributed by atoms with Crippen LogP contribution in [0.4, 0.5) is 0 Å². The Morgan fingerprint density at radius 2 is 2.11 bits per heavy atom.